The molecule has 2 N–H and O–H groups in total. The molecule has 1 amide bonds. The highest BCUT2D eigenvalue weighted by Gasteiger charge is 2.19. The van der Waals surface area contributed by atoms with Gasteiger partial charge in [-0.25, -0.2) is 0 Å². The Labute approximate surface area is 136 Å². The van der Waals surface area contributed by atoms with Crippen LogP contribution in [0.4, 0.5) is 0 Å². The number of carbonyl (C=O) groups is 2. The molecular formula is C18H36N2O2. The zero-order chi connectivity index (χ0) is 16.8. The maximum absolute atomic E-state index is 12.3. The summed E-state index contributed by atoms with van der Waals surface area (Å²) in [5.74, 6) is 0.214. The molecule has 0 aromatic carbocycles. The summed E-state index contributed by atoms with van der Waals surface area (Å²) in [6, 6.07) is 0.214. The van der Waals surface area contributed by atoms with Crippen molar-refractivity contribution in [2.75, 3.05) is 6.54 Å². The van der Waals surface area contributed by atoms with Gasteiger partial charge in [-0.05, 0) is 38.6 Å². The molecule has 0 aromatic heterocycles. The fourth-order valence-corrected chi connectivity index (χ4v) is 2.39. The molecule has 4 nitrogen and oxygen atoms in total. The zero-order valence-corrected chi connectivity index (χ0v) is 15.0. The van der Waals surface area contributed by atoms with Crippen LogP contribution < -0.4 is 10.6 Å². The van der Waals surface area contributed by atoms with Crippen molar-refractivity contribution in [1.82, 2.24) is 10.6 Å². The summed E-state index contributed by atoms with van der Waals surface area (Å²) in [5, 5.41) is 6.31. The van der Waals surface area contributed by atoms with Crippen molar-refractivity contribution in [3.63, 3.8) is 0 Å². The molecule has 0 saturated heterocycles. The van der Waals surface area contributed by atoms with Gasteiger partial charge in [0.2, 0.25) is 5.91 Å². The zero-order valence-electron chi connectivity index (χ0n) is 15.0. The standard InChI is InChI=1S/C18H36N2O2/c1-5-7-8-13-17(21)16(20-18(22)11-6-2)12-9-10-14-19-15(3)4/h15-16,19H,5-14H2,1-4H3,(H,20,22)/t16-/m0/s1. The van der Waals surface area contributed by atoms with Gasteiger partial charge in [0.1, 0.15) is 0 Å². The Hall–Kier alpha value is -0.900. The Balaban J connectivity index is 4.20. The van der Waals surface area contributed by atoms with E-state index < -0.39 is 0 Å². The molecule has 0 spiro atoms. The van der Waals surface area contributed by atoms with Crippen LogP contribution >= 0.6 is 0 Å². The monoisotopic (exact) mass is 312 g/mol. The average Bonchev–Trinajstić information content (AvgIpc) is 2.45. The molecule has 4 heteroatoms. The number of rotatable bonds is 14. The number of ketones is 1. The van der Waals surface area contributed by atoms with E-state index in [4.69, 9.17) is 0 Å². The molecule has 0 aliphatic carbocycles. The van der Waals surface area contributed by atoms with E-state index in [0.717, 1.165) is 51.5 Å². The van der Waals surface area contributed by atoms with Crippen LogP contribution in [0.5, 0.6) is 0 Å². The lowest BCUT2D eigenvalue weighted by molar-refractivity contribution is -0.128. The smallest absolute Gasteiger partial charge is 0.220 e. The summed E-state index contributed by atoms with van der Waals surface area (Å²) < 4.78 is 0. The molecule has 0 heterocycles. The van der Waals surface area contributed by atoms with Crippen LogP contribution in [-0.4, -0.2) is 30.3 Å². The molecule has 0 aromatic rings. The van der Waals surface area contributed by atoms with E-state index in [2.05, 4.69) is 31.4 Å². The van der Waals surface area contributed by atoms with Crippen molar-refractivity contribution in [3.05, 3.63) is 0 Å². The Bertz CT molecular complexity index is 303. The van der Waals surface area contributed by atoms with Gasteiger partial charge in [-0.2, -0.15) is 0 Å². The van der Waals surface area contributed by atoms with Crippen LogP contribution in [0.3, 0.4) is 0 Å². The second-order valence-electron chi connectivity index (χ2n) is 6.40. The first kappa shape index (κ1) is 21.1. The van der Waals surface area contributed by atoms with Crippen LogP contribution in [0.2, 0.25) is 0 Å². The highest BCUT2D eigenvalue weighted by molar-refractivity contribution is 5.88. The van der Waals surface area contributed by atoms with E-state index >= 15 is 0 Å². The van der Waals surface area contributed by atoms with Gasteiger partial charge in [-0.1, -0.05) is 40.5 Å². The summed E-state index contributed by atoms with van der Waals surface area (Å²) in [7, 11) is 0. The molecule has 130 valence electrons. The first-order valence-electron chi connectivity index (χ1n) is 9.06. The minimum atomic E-state index is -0.282. The maximum atomic E-state index is 12.3. The van der Waals surface area contributed by atoms with Crippen LogP contribution in [-0.2, 0) is 9.59 Å². The number of hydrogen-bond donors (Lipinski definition) is 2. The predicted molar refractivity (Wildman–Crippen MR) is 93.0 cm³/mol. The third kappa shape index (κ3) is 11.7. The summed E-state index contributed by atoms with van der Waals surface area (Å²) in [6.07, 6.45) is 7.83. The third-order valence-corrected chi connectivity index (χ3v) is 3.70. The molecule has 0 aliphatic heterocycles. The predicted octanol–water partition coefficient (Wildman–Crippen LogP) is 3.59. The van der Waals surface area contributed by atoms with E-state index in [1.54, 1.807) is 0 Å². The average molecular weight is 312 g/mol. The van der Waals surface area contributed by atoms with Gasteiger partial charge in [0.15, 0.2) is 5.78 Å². The largest absolute Gasteiger partial charge is 0.346 e. The fraction of sp³-hybridized carbons (Fsp3) is 0.889. The number of nitrogens with one attached hydrogen (secondary N) is 2. The molecule has 0 saturated carbocycles. The molecule has 0 fully saturated rings. The third-order valence-electron chi connectivity index (χ3n) is 3.70. The lowest BCUT2D eigenvalue weighted by atomic mass is 10.00. The minimum Gasteiger partial charge on any atom is -0.346 e. The first-order chi connectivity index (χ1) is 10.5. The van der Waals surface area contributed by atoms with Gasteiger partial charge in [0.05, 0.1) is 6.04 Å². The molecular weight excluding hydrogens is 276 g/mol. The van der Waals surface area contributed by atoms with E-state index in [1.165, 1.54) is 0 Å². The summed E-state index contributed by atoms with van der Waals surface area (Å²) >= 11 is 0. The van der Waals surface area contributed by atoms with Gasteiger partial charge >= 0.3 is 0 Å². The molecule has 0 unspecified atom stereocenters. The van der Waals surface area contributed by atoms with Crippen molar-refractivity contribution in [1.29, 1.82) is 0 Å². The minimum absolute atomic E-state index is 0.0108. The van der Waals surface area contributed by atoms with Gasteiger partial charge in [-0.3, -0.25) is 9.59 Å². The van der Waals surface area contributed by atoms with Crippen molar-refractivity contribution in [3.8, 4) is 0 Å². The van der Waals surface area contributed by atoms with Crippen molar-refractivity contribution in [2.24, 2.45) is 0 Å². The second-order valence-corrected chi connectivity index (χ2v) is 6.40. The number of Topliss-reactive ketones (excluding diaryl/α,β-unsaturated/α-hetero) is 1. The highest BCUT2D eigenvalue weighted by Crippen LogP contribution is 2.09. The van der Waals surface area contributed by atoms with E-state index in [-0.39, 0.29) is 17.7 Å². The summed E-state index contributed by atoms with van der Waals surface area (Å²) in [5.41, 5.74) is 0. The lowest BCUT2D eigenvalue weighted by Crippen LogP contribution is -2.40. The quantitative estimate of drug-likeness (QED) is 0.482. The van der Waals surface area contributed by atoms with Crippen LogP contribution in [0, 0.1) is 0 Å². The molecule has 0 bridgehead atoms. The highest BCUT2D eigenvalue weighted by atomic mass is 16.2. The van der Waals surface area contributed by atoms with Gasteiger partial charge in [0, 0.05) is 18.9 Å². The van der Waals surface area contributed by atoms with Gasteiger partial charge in [-0.15, -0.1) is 0 Å². The van der Waals surface area contributed by atoms with E-state index in [9.17, 15) is 9.59 Å². The van der Waals surface area contributed by atoms with Crippen LogP contribution in [0.15, 0.2) is 0 Å². The fourth-order valence-electron chi connectivity index (χ4n) is 2.39. The maximum Gasteiger partial charge on any atom is 0.220 e. The molecule has 0 aliphatic rings. The second kappa shape index (κ2) is 13.7. The van der Waals surface area contributed by atoms with Crippen molar-refractivity contribution in [2.45, 2.75) is 97.6 Å². The Morgan fingerprint density at radius 3 is 2.23 bits per heavy atom. The topological polar surface area (TPSA) is 58.2 Å². The van der Waals surface area contributed by atoms with Gasteiger partial charge in [0.25, 0.3) is 0 Å². The number of carbonyl (C=O) groups excluding carboxylic acids is 2. The SMILES string of the molecule is CCCCCC(=O)[C@H](CCCCNC(C)C)NC(=O)CCC. The summed E-state index contributed by atoms with van der Waals surface area (Å²) in [6.45, 7) is 9.34. The van der Waals surface area contributed by atoms with Gasteiger partial charge < -0.3 is 10.6 Å². The number of hydrogen-bond acceptors (Lipinski definition) is 3. The van der Waals surface area contributed by atoms with Crippen molar-refractivity contribution >= 4 is 11.7 Å². The van der Waals surface area contributed by atoms with Crippen LogP contribution in [0.1, 0.15) is 85.5 Å². The molecule has 1 atom stereocenters. The van der Waals surface area contributed by atoms with Crippen LogP contribution in [0.25, 0.3) is 0 Å². The normalized spacial score (nSPS) is 12.4. The molecule has 0 rings (SSSR count). The van der Waals surface area contributed by atoms with E-state index in [0.29, 0.717) is 18.9 Å². The lowest BCUT2D eigenvalue weighted by Gasteiger charge is -2.18. The van der Waals surface area contributed by atoms with Crippen molar-refractivity contribution < 1.29 is 9.59 Å². The van der Waals surface area contributed by atoms with E-state index in [1.807, 2.05) is 6.92 Å². The number of amides is 1. The first-order valence-corrected chi connectivity index (χ1v) is 9.06. The Morgan fingerprint density at radius 2 is 1.64 bits per heavy atom. The summed E-state index contributed by atoms with van der Waals surface area (Å²) in [4.78, 5) is 24.1. The molecule has 0 radical (unpaired) electrons. The molecule has 22 heavy (non-hydrogen) atoms. The number of unbranched alkanes of at least 4 members (excludes halogenated alkanes) is 3. The Kier molecular flexibility index (Phi) is 13.2. The Morgan fingerprint density at radius 1 is 0.909 bits per heavy atom.